The molecule has 1 N–H and O–H groups in total. The van der Waals surface area contributed by atoms with Crippen LogP contribution in [-0.2, 0) is 11.0 Å². The largest absolute Gasteiger partial charge is 0.450 e. The highest BCUT2D eigenvalue weighted by Crippen LogP contribution is 2.35. The van der Waals surface area contributed by atoms with Crippen molar-refractivity contribution in [2.45, 2.75) is 49.2 Å². The molecule has 6 aromatic rings. The fraction of sp³-hybridized carbons (Fsp3) is 0.154. The first-order valence-electron chi connectivity index (χ1n) is 16.2. The molecule has 13 heteroatoms. The van der Waals surface area contributed by atoms with Gasteiger partial charge >= 0.3 is 6.18 Å². The lowest BCUT2D eigenvalue weighted by atomic mass is 9.93. The van der Waals surface area contributed by atoms with E-state index in [1.54, 1.807) is 67.6 Å². The minimum absolute atomic E-state index is 0.124. The smallest absolute Gasteiger partial charge is 0.433 e. The minimum atomic E-state index is -4.68. The van der Waals surface area contributed by atoms with Crippen LogP contribution in [0.3, 0.4) is 0 Å². The first-order chi connectivity index (χ1) is 24.9. The van der Waals surface area contributed by atoms with Crippen molar-refractivity contribution >= 4 is 40.8 Å². The number of fused-ring (bicyclic) bond motifs is 1. The summed E-state index contributed by atoms with van der Waals surface area (Å²) in [4.78, 5) is 41.2. The molecule has 8 nitrogen and oxygen atoms in total. The Balaban J connectivity index is 1.25. The number of carbonyl (C=O) groups is 1. The summed E-state index contributed by atoms with van der Waals surface area (Å²) >= 11 is 1.98. The molecule has 0 aliphatic carbocycles. The highest BCUT2D eigenvalue weighted by Gasteiger charge is 2.35. The third kappa shape index (κ3) is 7.28. The Labute approximate surface area is 304 Å². The van der Waals surface area contributed by atoms with Crippen molar-refractivity contribution < 1.29 is 22.4 Å². The monoisotopic (exact) mass is 737 g/mol. The molecule has 0 spiro atoms. The lowest BCUT2D eigenvalue weighted by molar-refractivity contribution is -0.141. The van der Waals surface area contributed by atoms with E-state index in [4.69, 9.17) is 9.41 Å². The van der Waals surface area contributed by atoms with Crippen LogP contribution in [0, 0.1) is 0 Å². The van der Waals surface area contributed by atoms with Gasteiger partial charge in [-0.25, -0.2) is 15.0 Å². The Bertz CT molecular complexity index is 2490. The van der Waals surface area contributed by atoms with Crippen LogP contribution in [0.25, 0.3) is 17.3 Å². The summed E-state index contributed by atoms with van der Waals surface area (Å²) in [7, 11) is 0. The van der Waals surface area contributed by atoms with Crippen LogP contribution in [0.2, 0.25) is 0 Å². The fourth-order valence-electron chi connectivity index (χ4n) is 5.77. The van der Waals surface area contributed by atoms with E-state index in [-0.39, 0.29) is 33.3 Å². The number of carbonyl (C=O) groups excluding carboxylic acids is 1. The van der Waals surface area contributed by atoms with Crippen LogP contribution in [0.15, 0.2) is 139 Å². The first-order valence-corrected chi connectivity index (χ1v) is 17.9. The van der Waals surface area contributed by atoms with Gasteiger partial charge in [0.2, 0.25) is 0 Å². The van der Waals surface area contributed by atoms with Gasteiger partial charge in [0.15, 0.2) is 15.1 Å². The summed E-state index contributed by atoms with van der Waals surface area (Å²) in [6.45, 7) is 5.93. The van der Waals surface area contributed by atoms with Crippen molar-refractivity contribution in [2.24, 2.45) is 4.99 Å². The molecule has 0 saturated heterocycles. The van der Waals surface area contributed by atoms with Crippen LogP contribution < -0.4 is 20.2 Å². The fourth-order valence-corrected chi connectivity index (χ4v) is 7.54. The summed E-state index contributed by atoms with van der Waals surface area (Å²) in [6, 6.07) is 28.8. The number of rotatable bonds is 8. The van der Waals surface area contributed by atoms with Crippen molar-refractivity contribution in [1.82, 2.24) is 14.5 Å². The second-order valence-corrected chi connectivity index (χ2v) is 14.2. The molecule has 1 amide bonds. The van der Waals surface area contributed by atoms with E-state index in [1.807, 2.05) is 42.5 Å². The average molecular weight is 738 g/mol. The van der Waals surface area contributed by atoms with Gasteiger partial charge in [0, 0.05) is 17.3 Å². The van der Waals surface area contributed by atoms with Gasteiger partial charge < -0.3 is 9.73 Å². The molecule has 4 heterocycles. The summed E-state index contributed by atoms with van der Waals surface area (Å²) in [5.74, 6) is 0.204. The Hall–Kier alpha value is -5.53. The second kappa shape index (κ2) is 14.2. The predicted octanol–water partition coefficient (Wildman–Crippen LogP) is 8.22. The van der Waals surface area contributed by atoms with E-state index in [0.717, 1.165) is 40.3 Å². The van der Waals surface area contributed by atoms with E-state index in [0.29, 0.717) is 37.6 Å². The van der Waals surface area contributed by atoms with Crippen molar-refractivity contribution in [2.75, 3.05) is 5.32 Å². The van der Waals surface area contributed by atoms with Crippen LogP contribution in [0.1, 0.15) is 55.3 Å². The van der Waals surface area contributed by atoms with Crippen molar-refractivity contribution in [3.63, 3.8) is 0 Å². The SMILES string of the molecule is CC1=C(C(=O)Nc2ccccc2)[C@H](c2ccc(C(C)C)cc2)n2c(s/c(=C/c3ccc(Sc4nc(-c5ccccc5)cc(C(F)(F)F)n4)o3)c2=O)=N1. The third-order valence-corrected chi connectivity index (χ3v) is 10.1. The lowest BCUT2D eigenvalue weighted by Gasteiger charge is -2.25. The molecule has 3 aromatic heterocycles. The number of nitrogens with zero attached hydrogens (tertiary/aromatic N) is 4. The van der Waals surface area contributed by atoms with E-state index >= 15 is 0 Å². The third-order valence-electron chi connectivity index (χ3n) is 8.35. The van der Waals surface area contributed by atoms with Gasteiger partial charge in [-0.2, -0.15) is 13.2 Å². The number of amides is 1. The molecule has 1 aliphatic heterocycles. The van der Waals surface area contributed by atoms with E-state index in [9.17, 15) is 22.8 Å². The number of allylic oxidation sites excluding steroid dienone is 1. The highest BCUT2D eigenvalue weighted by molar-refractivity contribution is 7.99. The maximum atomic E-state index is 14.2. The summed E-state index contributed by atoms with van der Waals surface area (Å²) in [5, 5.41) is 3.04. The van der Waals surface area contributed by atoms with E-state index in [2.05, 4.69) is 29.1 Å². The van der Waals surface area contributed by atoms with Gasteiger partial charge in [0.1, 0.15) is 11.5 Å². The number of para-hydroxylation sites is 1. The normalized spacial score (nSPS) is 14.8. The standard InChI is InChI=1S/C39H30F3N5O3S2/c1-22(2)24-14-16-26(17-15-24)34-33(35(48)44-27-12-8-5-9-13-27)23(3)43-38-47(34)36(49)30(51-38)20-28-18-19-32(50-28)52-37-45-29(25-10-6-4-7-11-25)21-31(46-37)39(40,41)42/h4-22,34H,1-3H3,(H,44,48)/b30-20+/t34-/m0/s1. The Kier molecular flexibility index (Phi) is 9.56. The summed E-state index contributed by atoms with van der Waals surface area (Å²) < 4.78 is 49.1. The molecule has 0 fully saturated rings. The zero-order valence-electron chi connectivity index (χ0n) is 28.0. The van der Waals surface area contributed by atoms with Gasteiger partial charge in [0.25, 0.3) is 11.5 Å². The summed E-state index contributed by atoms with van der Waals surface area (Å²) in [5.41, 5.74) is 2.48. The number of hydrogen-bond donors (Lipinski definition) is 1. The van der Waals surface area contributed by atoms with Gasteiger partial charge in [-0.05, 0) is 66.1 Å². The van der Waals surface area contributed by atoms with E-state index < -0.39 is 17.9 Å². The van der Waals surface area contributed by atoms with E-state index in [1.165, 1.54) is 4.57 Å². The molecular formula is C39H30F3N5O3S2. The maximum Gasteiger partial charge on any atom is 0.433 e. The minimum Gasteiger partial charge on any atom is -0.450 e. The molecule has 1 atom stereocenters. The molecule has 0 radical (unpaired) electrons. The van der Waals surface area contributed by atoms with Gasteiger partial charge in [-0.15, -0.1) is 0 Å². The molecule has 0 unspecified atom stereocenters. The number of alkyl halides is 3. The molecular weight excluding hydrogens is 708 g/mol. The summed E-state index contributed by atoms with van der Waals surface area (Å²) in [6.07, 6.45) is -3.13. The molecule has 3 aromatic carbocycles. The highest BCUT2D eigenvalue weighted by atomic mass is 32.2. The lowest BCUT2D eigenvalue weighted by Crippen LogP contribution is -2.40. The molecule has 0 bridgehead atoms. The maximum absolute atomic E-state index is 14.2. The molecule has 52 heavy (non-hydrogen) atoms. The molecule has 7 rings (SSSR count). The van der Waals surface area contributed by atoms with Crippen LogP contribution in [0.4, 0.5) is 18.9 Å². The van der Waals surface area contributed by atoms with Gasteiger partial charge in [0.05, 0.1) is 27.5 Å². The zero-order valence-corrected chi connectivity index (χ0v) is 29.6. The van der Waals surface area contributed by atoms with Crippen LogP contribution in [-0.4, -0.2) is 20.4 Å². The Morgan fingerprint density at radius 3 is 2.33 bits per heavy atom. The zero-order chi connectivity index (χ0) is 36.6. The average Bonchev–Trinajstić information content (AvgIpc) is 3.70. The second-order valence-electron chi connectivity index (χ2n) is 12.3. The van der Waals surface area contributed by atoms with Crippen molar-refractivity contribution in [3.8, 4) is 11.3 Å². The van der Waals surface area contributed by atoms with Crippen molar-refractivity contribution in [1.29, 1.82) is 0 Å². The number of aromatic nitrogens is 3. The molecule has 1 aliphatic rings. The number of nitrogens with one attached hydrogen (secondary N) is 1. The number of benzene rings is 3. The quantitative estimate of drug-likeness (QED) is 0.158. The Morgan fingerprint density at radius 1 is 0.962 bits per heavy atom. The number of anilines is 1. The topological polar surface area (TPSA) is 102 Å². The van der Waals surface area contributed by atoms with Crippen molar-refractivity contribution in [3.05, 3.63) is 157 Å². The van der Waals surface area contributed by atoms with Gasteiger partial charge in [-0.1, -0.05) is 98.0 Å². The first kappa shape index (κ1) is 34.9. The number of halogens is 3. The van der Waals surface area contributed by atoms with Crippen LogP contribution >= 0.6 is 23.1 Å². The van der Waals surface area contributed by atoms with Gasteiger partial charge in [-0.3, -0.25) is 14.2 Å². The predicted molar refractivity (Wildman–Crippen MR) is 195 cm³/mol. The molecule has 262 valence electrons. The number of furan rings is 1. The van der Waals surface area contributed by atoms with Crippen LogP contribution in [0.5, 0.6) is 0 Å². The molecule has 0 saturated carbocycles. The Morgan fingerprint density at radius 2 is 1.65 bits per heavy atom. The number of hydrogen-bond acceptors (Lipinski definition) is 8. The number of thiazole rings is 1.